The number of thiophene rings is 1. The molecule has 0 unspecified atom stereocenters. The van der Waals surface area contributed by atoms with Crippen LogP contribution in [0.1, 0.15) is 19.8 Å². The van der Waals surface area contributed by atoms with Gasteiger partial charge in [0.2, 0.25) is 0 Å². The molecule has 0 spiro atoms. The second kappa shape index (κ2) is 5.09. The lowest BCUT2D eigenvalue weighted by Gasteiger charge is -2.17. The number of hydrogen-bond acceptors (Lipinski definition) is 5. The summed E-state index contributed by atoms with van der Waals surface area (Å²) < 4.78 is 1.13. The van der Waals surface area contributed by atoms with E-state index >= 15 is 0 Å². The number of nitrogens with zero attached hydrogens (tertiary/aromatic N) is 4. The number of anilines is 1. The van der Waals surface area contributed by atoms with Gasteiger partial charge in [-0.2, -0.15) is 0 Å². The molecule has 0 saturated heterocycles. The average Bonchev–Trinajstić information content (AvgIpc) is 2.83. The maximum absolute atomic E-state index is 4.45. The van der Waals surface area contributed by atoms with Crippen LogP contribution in [0.15, 0.2) is 24.7 Å². The molecule has 4 nitrogen and oxygen atoms in total. The maximum atomic E-state index is 4.45. The fourth-order valence-electron chi connectivity index (χ4n) is 2.17. The second-order valence-corrected chi connectivity index (χ2v) is 5.61. The highest BCUT2D eigenvalue weighted by atomic mass is 32.1. The van der Waals surface area contributed by atoms with Gasteiger partial charge < -0.3 is 4.90 Å². The Bertz CT molecular complexity index is 707. The third-order valence-electron chi connectivity index (χ3n) is 3.22. The smallest absolute Gasteiger partial charge is 0.149 e. The molecule has 0 aliphatic heterocycles. The lowest BCUT2D eigenvalue weighted by atomic mass is 10.3. The summed E-state index contributed by atoms with van der Waals surface area (Å²) in [6, 6.07) is 4.03. The van der Waals surface area contributed by atoms with Crippen molar-refractivity contribution >= 4 is 37.6 Å². The highest BCUT2D eigenvalue weighted by Gasteiger charge is 2.13. The van der Waals surface area contributed by atoms with Crippen molar-refractivity contribution in [2.24, 2.45) is 0 Å². The van der Waals surface area contributed by atoms with Crippen molar-refractivity contribution in [1.29, 1.82) is 0 Å². The predicted octanol–water partition coefficient (Wildman–Crippen LogP) is 3.48. The molecule has 3 aromatic heterocycles. The highest BCUT2D eigenvalue weighted by Crippen LogP contribution is 2.35. The first-order valence-corrected chi connectivity index (χ1v) is 7.32. The second-order valence-electron chi connectivity index (χ2n) is 4.61. The molecule has 0 aromatic carbocycles. The van der Waals surface area contributed by atoms with Crippen LogP contribution in [0.3, 0.4) is 0 Å². The summed E-state index contributed by atoms with van der Waals surface area (Å²) in [6.07, 6.45) is 5.84. The molecule has 0 bridgehead atoms. The van der Waals surface area contributed by atoms with Crippen LogP contribution in [0.4, 0.5) is 5.82 Å². The Morgan fingerprint density at radius 3 is 3.00 bits per heavy atom. The van der Waals surface area contributed by atoms with Gasteiger partial charge >= 0.3 is 0 Å². The van der Waals surface area contributed by atoms with Crippen LogP contribution in [0.25, 0.3) is 20.4 Å². The molecule has 3 heterocycles. The first-order chi connectivity index (χ1) is 9.31. The lowest BCUT2D eigenvalue weighted by molar-refractivity contribution is 0.761. The molecule has 0 N–H and O–H groups in total. The molecule has 98 valence electrons. The molecule has 0 fully saturated rings. The molecule has 0 aliphatic carbocycles. The summed E-state index contributed by atoms with van der Waals surface area (Å²) in [4.78, 5) is 16.5. The largest absolute Gasteiger partial charge is 0.358 e. The van der Waals surface area contributed by atoms with E-state index < -0.39 is 0 Å². The quantitative estimate of drug-likeness (QED) is 0.729. The van der Waals surface area contributed by atoms with Gasteiger partial charge in [0.05, 0.1) is 10.2 Å². The van der Waals surface area contributed by atoms with Gasteiger partial charge in [0, 0.05) is 25.2 Å². The van der Waals surface area contributed by atoms with Crippen LogP contribution in [0.5, 0.6) is 0 Å². The van der Waals surface area contributed by atoms with Gasteiger partial charge in [0.25, 0.3) is 0 Å². The molecule has 5 heteroatoms. The summed E-state index contributed by atoms with van der Waals surface area (Å²) in [5, 5.41) is 1.12. The Hall–Kier alpha value is -1.75. The van der Waals surface area contributed by atoms with Crippen LogP contribution >= 0.6 is 11.3 Å². The third kappa shape index (κ3) is 2.14. The Balaban J connectivity index is 2.15. The monoisotopic (exact) mass is 272 g/mol. The minimum absolute atomic E-state index is 1.02. The van der Waals surface area contributed by atoms with Crippen LogP contribution in [-0.4, -0.2) is 28.5 Å². The SMILES string of the molecule is CCCCN(C)c1ncnc2c1sc1ncccc12. The molecule has 0 radical (unpaired) electrons. The molecule has 0 atom stereocenters. The fraction of sp³-hybridized carbons (Fsp3) is 0.357. The summed E-state index contributed by atoms with van der Waals surface area (Å²) in [5.41, 5.74) is 1.02. The molecule has 3 aromatic rings. The fourth-order valence-corrected chi connectivity index (χ4v) is 3.31. The minimum Gasteiger partial charge on any atom is -0.358 e. The van der Waals surface area contributed by atoms with E-state index in [9.17, 15) is 0 Å². The molecule has 0 saturated carbocycles. The van der Waals surface area contributed by atoms with Crippen LogP contribution in [0.2, 0.25) is 0 Å². The molecule has 3 rings (SSSR count). The van der Waals surface area contributed by atoms with E-state index in [0.717, 1.165) is 32.8 Å². The Labute approximate surface area is 116 Å². The molecule has 0 amide bonds. The first kappa shape index (κ1) is 12.3. The van der Waals surface area contributed by atoms with Gasteiger partial charge in [-0.05, 0) is 18.6 Å². The zero-order valence-corrected chi connectivity index (χ0v) is 11.9. The summed E-state index contributed by atoms with van der Waals surface area (Å²) in [5.74, 6) is 1.02. The van der Waals surface area contributed by atoms with Crippen LogP contribution in [-0.2, 0) is 0 Å². The van der Waals surface area contributed by atoms with Crippen LogP contribution in [0, 0.1) is 0 Å². The van der Waals surface area contributed by atoms with E-state index in [0.29, 0.717) is 0 Å². The van der Waals surface area contributed by atoms with Gasteiger partial charge in [-0.1, -0.05) is 13.3 Å². The van der Waals surface area contributed by atoms with Gasteiger partial charge in [-0.3, -0.25) is 0 Å². The van der Waals surface area contributed by atoms with Gasteiger partial charge in [-0.25, -0.2) is 15.0 Å². The molecular formula is C14H16N4S. The normalized spacial score (nSPS) is 11.3. The summed E-state index contributed by atoms with van der Waals surface area (Å²) >= 11 is 1.67. The lowest BCUT2D eigenvalue weighted by Crippen LogP contribution is -2.19. The van der Waals surface area contributed by atoms with Crippen molar-refractivity contribution in [3.8, 4) is 0 Å². The number of hydrogen-bond donors (Lipinski definition) is 0. The van der Waals surface area contributed by atoms with Crippen molar-refractivity contribution in [3.05, 3.63) is 24.7 Å². The highest BCUT2D eigenvalue weighted by molar-refractivity contribution is 7.25. The van der Waals surface area contributed by atoms with Gasteiger partial charge in [-0.15, -0.1) is 11.3 Å². The number of fused-ring (bicyclic) bond motifs is 3. The van der Waals surface area contributed by atoms with Crippen molar-refractivity contribution in [3.63, 3.8) is 0 Å². The van der Waals surface area contributed by atoms with Crippen LogP contribution < -0.4 is 4.90 Å². The topological polar surface area (TPSA) is 41.9 Å². The third-order valence-corrected chi connectivity index (χ3v) is 4.32. The average molecular weight is 272 g/mol. The standard InChI is InChI=1S/C14H16N4S/c1-3-4-8-18(2)13-12-11(16-9-17-13)10-6-5-7-15-14(10)19-12/h5-7,9H,3-4,8H2,1-2H3. The van der Waals surface area contributed by atoms with Gasteiger partial charge in [0.15, 0.2) is 0 Å². The summed E-state index contributed by atoms with van der Waals surface area (Å²) in [7, 11) is 2.09. The summed E-state index contributed by atoms with van der Waals surface area (Å²) in [6.45, 7) is 3.22. The zero-order chi connectivity index (χ0) is 13.2. The van der Waals surface area contributed by atoms with E-state index in [1.165, 1.54) is 12.8 Å². The Morgan fingerprint density at radius 2 is 2.16 bits per heavy atom. The minimum atomic E-state index is 1.02. The zero-order valence-electron chi connectivity index (χ0n) is 11.1. The maximum Gasteiger partial charge on any atom is 0.149 e. The molecule has 0 aliphatic rings. The predicted molar refractivity (Wildman–Crippen MR) is 80.9 cm³/mol. The molecule has 19 heavy (non-hydrogen) atoms. The van der Waals surface area contributed by atoms with E-state index in [2.05, 4.69) is 39.9 Å². The molecular weight excluding hydrogens is 256 g/mol. The Morgan fingerprint density at radius 1 is 1.26 bits per heavy atom. The van der Waals surface area contributed by atoms with Crippen molar-refractivity contribution in [1.82, 2.24) is 15.0 Å². The van der Waals surface area contributed by atoms with Crippen molar-refractivity contribution < 1.29 is 0 Å². The van der Waals surface area contributed by atoms with E-state index in [4.69, 9.17) is 0 Å². The van der Waals surface area contributed by atoms with E-state index in [1.54, 1.807) is 17.7 Å². The number of rotatable bonds is 4. The number of pyridine rings is 1. The van der Waals surface area contributed by atoms with Gasteiger partial charge in [0.1, 0.15) is 17.0 Å². The van der Waals surface area contributed by atoms with Crippen molar-refractivity contribution in [2.75, 3.05) is 18.5 Å². The number of unbranched alkanes of at least 4 members (excludes halogenated alkanes) is 1. The first-order valence-electron chi connectivity index (χ1n) is 6.50. The van der Waals surface area contributed by atoms with E-state index in [-0.39, 0.29) is 0 Å². The van der Waals surface area contributed by atoms with Crippen molar-refractivity contribution in [2.45, 2.75) is 19.8 Å². The van der Waals surface area contributed by atoms with E-state index in [1.807, 2.05) is 12.3 Å². The Kier molecular flexibility index (Phi) is 3.29. The number of aromatic nitrogens is 3.